The van der Waals surface area contributed by atoms with Crippen LogP contribution in [0.1, 0.15) is 19.3 Å². The Labute approximate surface area is 120 Å². The average Bonchev–Trinajstić information content (AvgIpc) is 2.38. The Bertz CT molecular complexity index is 702. The molecule has 7 nitrogen and oxygen atoms in total. The van der Waals surface area contributed by atoms with E-state index in [1.54, 1.807) is 6.08 Å². The van der Waals surface area contributed by atoms with Crippen molar-refractivity contribution >= 4 is 15.7 Å². The number of allylic oxidation sites excluding steroid dienone is 1. The highest BCUT2D eigenvalue weighted by Crippen LogP contribution is 2.33. The molecule has 0 fully saturated rings. The first kappa shape index (κ1) is 15.4. The van der Waals surface area contributed by atoms with Crippen LogP contribution in [0.15, 0.2) is 29.2 Å². The maximum Gasteiger partial charge on any atom is 0.312 e. The number of hydrogen-bond donors (Lipinski definition) is 1. The second-order valence-electron chi connectivity index (χ2n) is 4.57. The molecule has 0 aliphatic heterocycles. The maximum absolute atomic E-state index is 13.8. The second kappa shape index (κ2) is 5.78. The van der Waals surface area contributed by atoms with Gasteiger partial charge in [0, 0.05) is 12.1 Å². The van der Waals surface area contributed by atoms with Crippen LogP contribution in [-0.2, 0) is 10.0 Å². The Morgan fingerprint density at radius 3 is 2.67 bits per heavy atom. The van der Waals surface area contributed by atoms with Crippen LogP contribution in [0.25, 0.3) is 0 Å². The van der Waals surface area contributed by atoms with Crippen molar-refractivity contribution in [3.63, 3.8) is 0 Å². The van der Waals surface area contributed by atoms with Crippen molar-refractivity contribution in [3.05, 3.63) is 40.2 Å². The topological polar surface area (TPSA) is 113 Å². The molecule has 1 aromatic carbocycles. The number of rotatable bonds is 4. The summed E-state index contributed by atoms with van der Waals surface area (Å²) < 4.78 is 41.5. The van der Waals surface area contributed by atoms with Gasteiger partial charge in [0.25, 0.3) is 0 Å². The van der Waals surface area contributed by atoms with Crippen molar-refractivity contribution in [2.75, 3.05) is 0 Å². The molecule has 1 aromatic rings. The molecule has 1 atom stereocenters. The molecule has 0 aromatic heterocycles. The van der Waals surface area contributed by atoms with Gasteiger partial charge in [-0.15, -0.1) is 0 Å². The molecule has 2 N–H and O–H groups in total. The number of ether oxygens (including phenoxy) is 1. The molecular weight excluding hydrogens is 303 g/mol. The Morgan fingerprint density at radius 2 is 2.14 bits per heavy atom. The minimum Gasteiger partial charge on any atom is -0.479 e. The largest absolute Gasteiger partial charge is 0.479 e. The number of nitrogens with two attached hydrogens (primary N) is 1. The van der Waals surface area contributed by atoms with Crippen molar-refractivity contribution in [2.45, 2.75) is 30.3 Å². The zero-order valence-corrected chi connectivity index (χ0v) is 11.7. The first-order valence-corrected chi connectivity index (χ1v) is 7.67. The number of nitro groups is 1. The number of nitrogens with zero attached hydrogens (tertiary/aromatic N) is 1. The van der Waals surface area contributed by atoms with E-state index in [1.807, 2.05) is 6.08 Å². The monoisotopic (exact) mass is 316 g/mol. The summed E-state index contributed by atoms with van der Waals surface area (Å²) in [6.45, 7) is 0. The minimum atomic E-state index is -4.39. The fraction of sp³-hybridized carbons (Fsp3) is 0.333. The average molecular weight is 316 g/mol. The van der Waals surface area contributed by atoms with Crippen LogP contribution in [0.3, 0.4) is 0 Å². The number of halogens is 1. The first-order chi connectivity index (χ1) is 9.79. The molecule has 1 aliphatic rings. The lowest BCUT2D eigenvalue weighted by Gasteiger charge is -2.18. The lowest BCUT2D eigenvalue weighted by atomic mass is 10.1. The van der Waals surface area contributed by atoms with E-state index in [0.29, 0.717) is 18.6 Å². The van der Waals surface area contributed by atoms with E-state index in [1.165, 1.54) is 0 Å². The van der Waals surface area contributed by atoms with Crippen molar-refractivity contribution in [1.29, 1.82) is 0 Å². The minimum absolute atomic E-state index is 0.318. The van der Waals surface area contributed by atoms with Crippen LogP contribution < -0.4 is 9.88 Å². The molecule has 0 spiro atoms. The van der Waals surface area contributed by atoms with Gasteiger partial charge in [-0.25, -0.2) is 17.9 Å². The van der Waals surface area contributed by atoms with Crippen molar-refractivity contribution < 1.29 is 22.5 Å². The molecule has 21 heavy (non-hydrogen) atoms. The van der Waals surface area contributed by atoms with Gasteiger partial charge in [0.05, 0.1) is 4.92 Å². The third kappa shape index (κ3) is 3.56. The van der Waals surface area contributed by atoms with Crippen LogP contribution in [0.4, 0.5) is 10.1 Å². The highest BCUT2D eigenvalue weighted by atomic mass is 32.2. The number of sulfonamides is 1. The summed E-state index contributed by atoms with van der Waals surface area (Å²) in [5.41, 5.74) is -0.639. The highest BCUT2D eigenvalue weighted by molar-refractivity contribution is 7.89. The van der Waals surface area contributed by atoms with Gasteiger partial charge in [0.2, 0.25) is 15.8 Å². The fourth-order valence-electron chi connectivity index (χ4n) is 2.02. The molecular formula is C12H13FN2O5S. The first-order valence-electron chi connectivity index (χ1n) is 6.13. The van der Waals surface area contributed by atoms with E-state index >= 15 is 0 Å². The molecule has 0 saturated heterocycles. The van der Waals surface area contributed by atoms with Crippen LogP contribution >= 0.6 is 0 Å². The standard InChI is InChI=1S/C12H13FN2O5S/c13-9-6-11(20-8-4-2-1-3-5-8)10(15(16)17)7-12(9)21(14,18)19/h2,4,6-8H,1,3,5H2,(H2,14,18,19). The SMILES string of the molecule is NS(=O)(=O)c1cc([N+](=O)[O-])c(OC2C=CCCC2)cc1F. The van der Waals surface area contributed by atoms with Gasteiger partial charge >= 0.3 is 5.69 Å². The van der Waals surface area contributed by atoms with Crippen molar-refractivity contribution in [1.82, 2.24) is 0 Å². The molecule has 0 saturated carbocycles. The predicted octanol–water partition coefficient (Wildman–Crippen LogP) is 1.87. The smallest absolute Gasteiger partial charge is 0.312 e. The lowest BCUT2D eigenvalue weighted by molar-refractivity contribution is -0.386. The van der Waals surface area contributed by atoms with Crippen molar-refractivity contribution in [3.8, 4) is 5.75 Å². The number of nitro benzene ring substituents is 1. The molecule has 0 amide bonds. The van der Waals surface area contributed by atoms with E-state index in [-0.39, 0.29) is 5.75 Å². The van der Waals surface area contributed by atoms with E-state index in [9.17, 15) is 22.9 Å². The van der Waals surface area contributed by atoms with Gasteiger partial charge in [-0.3, -0.25) is 10.1 Å². The summed E-state index contributed by atoms with van der Waals surface area (Å²) in [5, 5.41) is 15.8. The molecule has 2 rings (SSSR count). The molecule has 9 heteroatoms. The highest BCUT2D eigenvalue weighted by Gasteiger charge is 2.26. The molecule has 114 valence electrons. The van der Waals surface area contributed by atoms with Gasteiger partial charge in [-0.05, 0) is 25.3 Å². The predicted molar refractivity (Wildman–Crippen MR) is 71.8 cm³/mol. The Hall–Kier alpha value is -2.00. The maximum atomic E-state index is 13.8. The molecule has 0 heterocycles. The molecule has 1 aliphatic carbocycles. The van der Waals surface area contributed by atoms with Crippen LogP contribution in [0, 0.1) is 15.9 Å². The summed E-state index contributed by atoms with van der Waals surface area (Å²) >= 11 is 0. The summed E-state index contributed by atoms with van der Waals surface area (Å²) in [7, 11) is -4.39. The second-order valence-corrected chi connectivity index (χ2v) is 6.10. The Morgan fingerprint density at radius 1 is 1.43 bits per heavy atom. The third-order valence-corrected chi connectivity index (χ3v) is 3.93. The molecule has 1 unspecified atom stereocenters. The van der Waals surface area contributed by atoms with E-state index in [4.69, 9.17) is 9.88 Å². The van der Waals surface area contributed by atoms with Gasteiger partial charge in [0.15, 0.2) is 0 Å². The Kier molecular flexibility index (Phi) is 4.24. The van der Waals surface area contributed by atoms with Crippen LogP contribution in [-0.4, -0.2) is 19.4 Å². The molecule has 0 bridgehead atoms. The summed E-state index contributed by atoms with van der Waals surface area (Å²) in [4.78, 5) is 9.24. The van der Waals surface area contributed by atoms with Crippen LogP contribution in [0.2, 0.25) is 0 Å². The summed E-state index contributed by atoms with van der Waals surface area (Å²) in [5.74, 6) is -1.50. The van der Waals surface area contributed by atoms with Gasteiger partial charge < -0.3 is 4.74 Å². The summed E-state index contributed by atoms with van der Waals surface area (Å²) in [6.07, 6.45) is 5.59. The number of hydrogen-bond acceptors (Lipinski definition) is 5. The van der Waals surface area contributed by atoms with E-state index in [0.717, 1.165) is 12.8 Å². The lowest BCUT2D eigenvalue weighted by Crippen LogP contribution is -2.18. The van der Waals surface area contributed by atoms with Crippen molar-refractivity contribution in [2.24, 2.45) is 5.14 Å². The van der Waals surface area contributed by atoms with E-state index in [2.05, 4.69) is 0 Å². The van der Waals surface area contributed by atoms with Gasteiger partial charge in [-0.1, -0.05) is 6.08 Å². The zero-order valence-electron chi connectivity index (χ0n) is 10.9. The quantitative estimate of drug-likeness (QED) is 0.517. The Balaban J connectivity index is 2.45. The van der Waals surface area contributed by atoms with Gasteiger partial charge in [0.1, 0.15) is 16.8 Å². The number of benzene rings is 1. The van der Waals surface area contributed by atoms with Crippen LogP contribution in [0.5, 0.6) is 5.75 Å². The summed E-state index contributed by atoms with van der Waals surface area (Å²) in [6, 6.07) is 1.26. The van der Waals surface area contributed by atoms with E-state index < -0.39 is 37.5 Å². The fourth-order valence-corrected chi connectivity index (χ4v) is 2.63. The molecule has 0 radical (unpaired) electrons. The zero-order chi connectivity index (χ0) is 15.6. The number of primary sulfonamides is 1. The van der Waals surface area contributed by atoms with Gasteiger partial charge in [-0.2, -0.15) is 0 Å². The normalized spacial score (nSPS) is 18.5. The third-order valence-electron chi connectivity index (χ3n) is 3.01.